The molecule has 1 aliphatic rings. The van der Waals surface area contributed by atoms with Crippen molar-refractivity contribution >= 4 is 18.0 Å². The van der Waals surface area contributed by atoms with Crippen LogP contribution in [0.5, 0.6) is 0 Å². The number of rotatable bonds is 9. The third kappa shape index (κ3) is 5.42. The monoisotopic (exact) mass is 424 g/mol. The quantitative estimate of drug-likeness (QED) is 0.570. The molecule has 0 spiro atoms. The van der Waals surface area contributed by atoms with E-state index in [2.05, 4.69) is 22.8 Å². The molecule has 0 heterocycles. The van der Waals surface area contributed by atoms with E-state index < -0.39 is 30.1 Å². The van der Waals surface area contributed by atoms with Crippen molar-refractivity contribution in [3.63, 3.8) is 0 Å². The molecule has 2 aromatic carbocycles. The first kappa shape index (κ1) is 22.3. The predicted octanol–water partition coefficient (Wildman–Crippen LogP) is 3.67. The average Bonchev–Trinajstić information content (AvgIpc) is 3.05. The number of carboxylic acids is 1. The number of hydrogen-bond acceptors (Lipinski definition) is 4. The average molecular weight is 424 g/mol. The summed E-state index contributed by atoms with van der Waals surface area (Å²) in [5, 5.41) is 14.3. The minimum absolute atomic E-state index is 0.0301. The van der Waals surface area contributed by atoms with Crippen LogP contribution >= 0.6 is 0 Å². The SMILES string of the molecule is CCC[C@@H](NC(=O)CC(C)NC(=O)OCC1c2ccccc2-c2ccccc21)C(=O)O. The van der Waals surface area contributed by atoms with Gasteiger partial charge >= 0.3 is 12.1 Å². The summed E-state index contributed by atoms with van der Waals surface area (Å²) in [5.41, 5.74) is 4.55. The van der Waals surface area contributed by atoms with E-state index in [0.717, 1.165) is 22.3 Å². The number of fused-ring (bicyclic) bond motifs is 3. The molecule has 7 nitrogen and oxygen atoms in total. The molecule has 0 aromatic heterocycles. The second-order valence-corrected chi connectivity index (χ2v) is 7.82. The number of aliphatic carboxylic acids is 1. The Morgan fingerprint density at radius 2 is 1.58 bits per heavy atom. The summed E-state index contributed by atoms with van der Waals surface area (Å²) < 4.78 is 5.47. The van der Waals surface area contributed by atoms with E-state index in [1.807, 2.05) is 43.3 Å². The summed E-state index contributed by atoms with van der Waals surface area (Å²) in [4.78, 5) is 35.6. The Kier molecular flexibility index (Phi) is 7.28. The topological polar surface area (TPSA) is 105 Å². The van der Waals surface area contributed by atoms with Crippen molar-refractivity contribution in [2.24, 2.45) is 0 Å². The minimum atomic E-state index is -1.06. The number of carbonyl (C=O) groups is 3. The van der Waals surface area contributed by atoms with E-state index in [4.69, 9.17) is 9.84 Å². The Bertz CT molecular complexity index is 913. The van der Waals surface area contributed by atoms with Crippen LogP contribution in [0.1, 0.15) is 50.2 Å². The largest absolute Gasteiger partial charge is 0.480 e. The zero-order valence-corrected chi connectivity index (χ0v) is 17.8. The van der Waals surface area contributed by atoms with Gasteiger partial charge in [0.15, 0.2) is 0 Å². The summed E-state index contributed by atoms with van der Waals surface area (Å²) >= 11 is 0. The summed E-state index contributed by atoms with van der Waals surface area (Å²) in [7, 11) is 0. The smallest absolute Gasteiger partial charge is 0.407 e. The molecule has 0 fully saturated rings. The van der Waals surface area contributed by atoms with Crippen LogP contribution in [0.2, 0.25) is 0 Å². The molecule has 0 saturated heterocycles. The molecule has 1 unspecified atom stereocenters. The third-order valence-corrected chi connectivity index (χ3v) is 5.41. The van der Waals surface area contributed by atoms with Gasteiger partial charge in [-0.05, 0) is 35.6 Å². The van der Waals surface area contributed by atoms with Gasteiger partial charge in [0.05, 0.1) is 0 Å². The second-order valence-electron chi connectivity index (χ2n) is 7.82. The highest BCUT2D eigenvalue weighted by atomic mass is 16.5. The van der Waals surface area contributed by atoms with E-state index in [1.165, 1.54) is 0 Å². The van der Waals surface area contributed by atoms with Crippen LogP contribution < -0.4 is 10.6 Å². The highest BCUT2D eigenvalue weighted by Crippen LogP contribution is 2.44. The molecule has 0 aliphatic heterocycles. The fraction of sp³-hybridized carbons (Fsp3) is 0.375. The molecule has 3 N–H and O–H groups in total. The first-order valence-corrected chi connectivity index (χ1v) is 10.5. The van der Waals surface area contributed by atoms with Crippen molar-refractivity contribution in [3.8, 4) is 11.1 Å². The van der Waals surface area contributed by atoms with Crippen molar-refractivity contribution in [2.75, 3.05) is 6.61 Å². The first-order chi connectivity index (χ1) is 14.9. The van der Waals surface area contributed by atoms with Gasteiger partial charge in [-0.15, -0.1) is 0 Å². The third-order valence-electron chi connectivity index (χ3n) is 5.41. The van der Waals surface area contributed by atoms with Crippen molar-refractivity contribution < 1.29 is 24.2 Å². The fourth-order valence-corrected chi connectivity index (χ4v) is 3.97. The number of benzene rings is 2. The lowest BCUT2D eigenvalue weighted by atomic mass is 9.98. The number of nitrogens with one attached hydrogen (secondary N) is 2. The molecule has 0 bridgehead atoms. The van der Waals surface area contributed by atoms with E-state index in [1.54, 1.807) is 6.92 Å². The lowest BCUT2D eigenvalue weighted by Crippen LogP contribution is -2.44. The lowest BCUT2D eigenvalue weighted by Gasteiger charge is -2.18. The number of amides is 2. The summed E-state index contributed by atoms with van der Waals surface area (Å²) in [6.45, 7) is 3.72. The van der Waals surface area contributed by atoms with Gasteiger partial charge in [-0.3, -0.25) is 4.79 Å². The van der Waals surface area contributed by atoms with Crippen LogP contribution in [0.15, 0.2) is 48.5 Å². The van der Waals surface area contributed by atoms with E-state index >= 15 is 0 Å². The molecule has 7 heteroatoms. The Labute approximate surface area is 181 Å². The van der Waals surface area contributed by atoms with Gasteiger partial charge in [0.2, 0.25) is 5.91 Å². The number of carboxylic acid groups (broad SMARTS) is 1. The summed E-state index contributed by atoms with van der Waals surface area (Å²) in [5.74, 6) is -1.53. The normalized spacial score (nSPS) is 14.1. The maximum atomic E-state index is 12.3. The zero-order chi connectivity index (χ0) is 22.4. The lowest BCUT2D eigenvalue weighted by molar-refractivity contribution is -0.142. The molecule has 164 valence electrons. The molecule has 31 heavy (non-hydrogen) atoms. The molecule has 2 atom stereocenters. The highest BCUT2D eigenvalue weighted by Gasteiger charge is 2.29. The standard InChI is InChI=1S/C24H28N2O5/c1-3-8-21(23(28)29)26-22(27)13-15(2)25-24(30)31-14-20-18-11-6-4-9-16(18)17-10-5-7-12-19(17)20/h4-7,9-12,15,20-21H,3,8,13-14H2,1-2H3,(H,25,30)(H,26,27)(H,28,29)/t15?,21-/m1/s1. The molecule has 0 saturated carbocycles. The van der Waals surface area contributed by atoms with Gasteiger partial charge in [-0.25, -0.2) is 9.59 Å². The van der Waals surface area contributed by atoms with E-state index in [9.17, 15) is 14.4 Å². The minimum Gasteiger partial charge on any atom is -0.480 e. The number of alkyl carbamates (subject to hydrolysis) is 1. The number of carbonyl (C=O) groups excluding carboxylic acids is 2. The van der Waals surface area contributed by atoms with E-state index in [-0.39, 0.29) is 18.9 Å². The van der Waals surface area contributed by atoms with Gasteiger partial charge in [-0.2, -0.15) is 0 Å². The Morgan fingerprint density at radius 1 is 1.00 bits per heavy atom. The molecule has 3 rings (SSSR count). The van der Waals surface area contributed by atoms with Crippen LogP contribution in [0.4, 0.5) is 4.79 Å². The van der Waals surface area contributed by atoms with Gasteiger partial charge < -0.3 is 20.5 Å². The molecular weight excluding hydrogens is 396 g/mol. The Morgan fingerprint density at radius 3 is 2.13 bits per heavy atom. The van der Waals surface area contributed by atoms with Gasteiger partial charge in [-0.1, -0.05) is 61.9 Å². The van der Waals surface area contributed by atoms with Gasteiger partial charge in [0, 0.05) is 18.4 Å². The fourth-order valence-electron chi connectivity index (χ4n) is 3.97. The Hall–Kier alpha value is -3.35. The highest BCUT2D eigenvalue weighted by molar-refractivity contribution is 5.84. The van der Waals surface area contributed by atoms with Crippen LogP contribution in [-0.2, 0) is 14.3 Å². The van der Waals surface area contributed by atoms with Crippen LogP contribution in [0.3, 0.4) is 0 Å². The Balaban J connectivity index is 1.52. The van der Waals surface area contributed by atoms with Crippen molar-refractivity contribution in [1.29, 1.82) is 0 Å². The van der Waals surface area contributed by atoms with Crippen LogP contribution in [0, 0.1) is 0 Å². The van der Waals surface area contributed by atoms with Crippen molar-refractivity contribution in [1.82, 2.24) is 10.6 Å². The number of ether oxygens (including phenoxy) is 1. The second kappa shape index (κ2) is 10.1. The van der Waals surface area contributed by atoms with Gasteiger partial charge in [0.25, 0.3) is 0 Å². The van der Waals surface area contributed by atoms with Crippen molar-refractivity contribution in [3.05, 3.63) is 59.7 Å². The van der Waals surface area contributed by atoms with Crippen molar-refractivity contribution in [2.45, 2.75) is 51.1 Å². The van der Waals surface area contributed by atoms with Crippen LogP contribution in [0.25, 0.3) is 11.1 Å². The predicted molar refractivity (Wildman–Crippen MR) is 117 cm³/mol. The number of hydrogen-bond donors (Lipinski definition) is 3. The summed E-state index contributed by atoms with van der Waals surface area (Å²) in [6.07, 6.45) is 0.364. The van der Waals surface area contributed by atoms with E-state index in [0.29, 0.717) is 12.8 Å². The maximum absolute atomic E-state index is 12.3. The molecular formula is C24H28N2O5. The maximum Gasteiger partial charge on any atom is 0.407 e. The first-order valence-electron chi connectivity index (χ1n) is 10.5. The molecule has 1 aliphatic carbocycles. The zero-order valence-electron chi connectivity index (χ0n) is 17.8. The van der Waals surface area contributed by atoms with Gasteiger partial charge in [0.1, 0.15) is 12.6 Å². The summed E-state index contributed by atoms with van der Waals surface area (Å²) in [6, 6.07) is 14.7. The molecule has 2 aromatic rings. The van der Waals surface area contributed by atoms with Crippen LogP contribution in [-0.4, -0.2) is 41.8 Å². The molecule has 0 radical (unpaired) electrons. The molecule has 2 amide bonds.